The Kier molecular flexibility index (Phi) is 2.06. The highest BCUT2D eigenvalue weighted by Crippen LogP contribution is 2.39. The van der Waals surface area contributed by atoms with Crippen LogP contribution in [0.15, 0.2) is 16.5 Å². The topological polar surface area (TPSA) is 82.2 Å². The summed E-state index contributed by atoms with van der Waals surface area (Å²) in [5.74, 6) is 3.01. The van der Waals surface area contributed by atoms with Crippen molar-refractivity contribution in [2.75, 3.05) is 0 Å². The number of furan rings is 1. The number of aromatic nitrogens is 4. The highest BCUT2D eigenvalue weighted by atomic mass is 32.1. The number of rotatable bonds is 3. The van der Waals surface area contributed by atoms with Gasteiger partial charge in [0.2, 0.25) is 4.96 Å². The molecule has 1 saturated carbocycles. The SMILES string of the molecule is NCc1ccc(-c2nn3c(C4CC4)nnc3s2)o1. The van der Waals surface area contributed by atoms with Crippen molar-refractivity contribution in [1.29, 1.82) is 0 Å². The summed E-state index contributed by atoms with van der Waals surface area (Å²) < 4.78 is 7.43. The molecule has 0 saturated heterocycles. The van der Waals surface area contributed by atoms with Crippen molar-refractivity contribution in [3.8, 4) is 10.8 Å². The zero-order valence-corrected chi connectivity index (χ0v) is 10.4. The summed E-state index contributed by atoms with van der Waals surface area (Å²) >= 11 is 1.48. The fourth-order valence-electron chi connectivity index (χ4n) is 1.93. The lowest BCUT2D eigenvalue weighted by Crippen LogP contribution is -1.93. The molecule has 0 amide bonds. The van der Waals surface area contributed by atoms with E-state index in [1.807, 2.05) is 16.6 Å². The van der Waals surface area contributed by atoms with Crippen LogP contribution in [0.25, 0.3) is 15.7 Å². The van der Waals surface area contributed by atoms with Gasteiger partial charge in [-0.25, -0.2) is 0 Å². The van der Waals surface area contributed by atoms with Gasteiger partial charge in [0.25, 0.3) is 0 Å². The quantitative estimate of drug-likeness (QED) is 0.777. The van der Waals surface area contributed by atoms with Crippen molar-refractivity contribution >= 4 is 16.3 Å². The van der Waals surface area contributed by atoms with E-state index in [9.17, 15) is 0 Å². The van der Waals surface area contributed by atoms with Gasteiger partial charge in [-0.1, -0.05) is 11.3 Å². The van der Waals surface area contributed by atoms with E-state index >= 15 is 0 Å². The largest absolute Gasteiger partial charge is 0.457 e. The molecule has 0 bridgehead atoms. The molecule has 0 atom stereocenters. The van der Waals surface area contributed by atoms with E-state index in [2.05, 4.69) is 15.3 Å². The predicted molar refractivity (Wildman–Crippen MR) is 66.2 cm³/mol. The Bertz CT molecular complexity index is 708. The van der Waals surface area contributed by atoms with Crippen LogP contribution in [0.5, 0.6) is 0 Å². The van der Waals surface area contributed by atoms with Gasteiger partial charge >= 0.3 is 0 Å². The van der Waals surface area contributed by atoms with Crippen LogP contribution in [0.4, 0.5) is 0 Å². The number of fused-ring (bicyclic) bond motifs is 1. The normalized spacial score (nSPS) is 15.6. The smallest absolute Gasteiger partial charge is 0.235 e. The third-order valence-electron chi connectivity index (χ3n) is 3.03. The maximum Gasteiger partial charge on any atom is 0.235 e. The van der Waals surface area contributed by atoms with Crippen molar-refractivity contribution < 1.29 is 4.42 Å². The molecule has 18 heavy (non-hydrogen) atoms. The Labute approximate surface area is 106 Å². The summed E-state index contributed by atoms with van der Waals surface area (Å²) in [7, 11) is 0. The second-order valence-electron chi connectivity index (χ2n) is 4.40. The van der Waals surface area contributed by atoms with Crippen molar-refractivity contribution in [2.24, 2.45) is 5.73 Å². The van der Waals surface area contributed by atoms with Crippen molar-refractivity contribution in [2.45, 2.75) is 25.3 Å². The number of hydrogen-bond donors (Lipinski definition) is 1. The van der Waals surface area contributed by atoms with Crippen LogP contribution in [0.1, 0.15) is 30.3 Å². The van der Waals surface area contributed by atoms with Crippen LogP contribution in [0.2, 0.25) is 0 Å². The fraction of sp³-hybridized carbons (Fsp3) is 0.364. The summed E-state index contributed by atoms with van der Waals surface area (Å²) in [4.78, 5) is 0.817. The monoisotopic (exact) mass is 261 g/mol. The third-order valence-corrected chi connectivity index (χ3v) is 3.94. The summed E-state index contributed by atoms with van der Waals surface area (Å²) in [6.45, 7) is 0.400. The standard InChI is InChI=1S/C11H11N5OS/c12-5-7-3-4-8(17-7)10-15-16-9(6-1-2-6)13-14-11(16)18-10/h3-4,6H,1-2,5,12H2. The van der Waals surface area contributed by atoms with Gasteiger partial charge in [0.15, 0.2) is 16.6 Å². The first-order valence-electron chi connectivity index (χ1n) is 5.86. The molecule has 92 valence electrons. The molecular formula is C11H11N5OS. The predicted octanol–water partition coefficient (Wildman–Crippen LogP) is 1.78. The molecule has 6 nitrogen and oxygen atoms in total. The molecule has 3 aromatic heterocycles. The van der Waals surface area contributed by atoms with Crippen LogP contribution in [0.3, 0.4) is 0 Å². The van der Waals surface area contributed by atoms with Crippen molar-refractivity contribution in [1.82, 2.24) is 19.8 Å². The minimum absolute atomic E-state index is 0.400. The molecule has 0 unspecified atom stereocenters. The van der Waals surface area contributed by atoms with Crippen molar-refractivity contribution in [3.63, 3.8) is 0 Å². The zero-order chi connectivity index (χ0) is 12.1. The molecule has 1 aliphatic rings. The highest BCUT2D eigenvalue weighted by molar-refractivity contribution is 7.19. The molecule has 0 radical (unpaired) electrons. The molecule has 3 heterocycles. The van der Waals surface area contributed by atoms with Gasteiger partial charge in [-0.2, -0.15) is 4.52 Å². The van der Waals surface area contributed by atoms with E-state index in [4.69, 9.17) is 10.2 Å². The van der Waals surface area contributed by atoms with E-state index < -0.39 is 0 Å². The first kappa shape index (κ1) is 10.2. The molecule has 0 aromatic carbocycles. The first-order valence-corrected chi connectivity index (χ1v) is 6.68. The maximum atomic E-state index is 5.60. The van der Waals surface area contributed by atoms with Gasteiger partial charge in [-0.05, 0) is 25.0 Å². The summed E-state index contributed by atoms with van der Waals surface area (Å²) in [5.41, 5.74) is 5.53. The fourth-order valence-corrected chi connectivity index (χ4v) is 2.74. The molecule has 4 rings (SSSR count). The lowest BCUT2D eigenvalue weighted by atomic mass is 10.4. The summed E-state index contributed by atoms with van der Waals surface area (Å²) in [6.07, 6.45) is 2.37. The first-order chi connectivity index (χ1) is 8.85. The van der Waals surface area contributed by atoms with Gasteiger partial charge in [0, 0.05) is 5.92 Å². The molecule has 2 N–H and O–H groups in total. The van der Waals surface area contributed by atoms with Gasteiger partial charge < -0.3 is 10.2 Å². The van der Waals surface area contributed by atoms with Gasteiger partial charge in [0.05, 0.1) is 6.54 Å². The molecule has 1 aliphatic carbocycles. The number of hydrogen-bond acceptors (Lipinski definition) is 6. The van der Waals surface area contributed by atoms with Crippen LogP contribution < -0.4 is 5.73 Å². The summed E-state index contributed by atoms with van der Waals surface area (Å²) in [6, 6.07) is 3.77. The zero-order valence-electron chi connectivity index (χ0n) is 9.54. The lowest BCUT2D eigenvalue weighted by Gasteiger charge is -1.90. The van der Waals surface area contributed by atoms with Crippen molar-refractivity contribution in [3.05, 3.63) is 23.7 Å². The van der Waals surface area contributed by atoms with Crippen LogP contribution in [-0.4, -0.2) is 19.8 Å². The van der Waals surface area contributed by atoms with Crippen LogP contribution in [0, 0.1) is 0 Å². The van der Waals surface area contributed by atoms with Crippen LogP contribution >= 0.6 is 11.3 Å². The van der Waals surface area contributed by atoms with E-state index in [0.29, 0.717) is 12.5 Å². The second kappa shape index (κ2) is 3.63. The third kappa shape index (κ3) is 1.48. The van der Waals surface area contributed by atoms with Gasteiger partial charge in [-0.15, -0.1) is 15.3 Å². The number of nitrogens with two attached hydrogens (primary N) is 1. The van der Waals surface area contributed by atoms with E-state index in [-0.39, 0.29) is 0 Å². The van der Waals surface area contributed by atoms with Crippen LogP contribution in [-0.2, 0) is 6.54 Å². The lowest BCUT2D eigenvalue weighted by molar-refractivity contribution is 0.524. The van der Waals surface area contributed by atoms with E-state index in [1.54, 1.807) is 0 Å². The Hall–Kier alpha value is -1.73. The van der Waals surface area contributed by atoms with Gasteiger partial charge in [-0.3, -0.25) is 0 Å². The second-order valence-corrected chi connectivity index (χ2v) is 5.36. The maximum absolute atomic E-state index is 5.60. The Balaban J connectivity index is 1.80. The molecular weight excluding hydrogens is 250 g/mol. The molecule has 1 fully saturated rings. The van der Waals surface area contributed by atoms with E-state index in [1.165, 1.54) is 24.2 Å². The average Bonchev–Trinajstić information content (AvgIpc) is 2.84. The Morgan fingerprint density at radius 3 is 3.00 bits per heavy atom. The Morgan fingerprint density at radius 2 is 2.28 bits per heavy atom. The minimum atomic E-state index is 0.400. The number of nitrogens with zero attached hydrogens (tertiary/aromatic N) is 4. The average molecular weight is 261 g/mol. The highest BCUT2D eigenvalue weighted by Gasteiger charge is 2.30. The molecule has 0 aliphatic heterocycles. The molecule has 3 aromatic rings. The van der Waals surface area contributed by atoms with E-state index in [0.717, 1.165) is 27.3 Å². The minimum Gasteiger partial charge on any atom is -0.457 e. The summed E-state index contributed by atoms with van der Waals surface area (Å²) in [5, 5.41) is 13.7. The Morgan fingerprint density at radius 1 is 1.39 bits per heavy atom. The molecule has 7 heteroatoms. The molecule has 0 spiro atoms. The van der Waals surface area contributed by atoms with Gasteiger partial charge in [0.1, 0.15) is 5.76 Å².